The van der Waals surface area contributed by atoms with Crippen LogP contribution in [0.2, 0.25) is 0 Å². The van der Waals surface area contributed by atoms with Crippen molar-refractivity contribution in [3.63, 3.8) is 0 Å². The predicted molar refractivity (Wildman–Crippen MR) is 267 cm³/mol. The molecule has 0 radical (unpaired) electrons. The van der Waals surface area contributed by atoms with Crippen molar-refractivity contribution in [3.05, 3.63) is 0 Å². The van der Waals surface area contributed by atoms with Crippen LogP contribution in [-0.2, 0) is 23.9 Å². The first-order valence-corrected chi connectivity index (χ1v) is 28.2. The molecule has 3 aliphatic rings. The van der Waals surface area contributed by atoms with Crippen LogP contribution in [0.4, 0.5) is 0 Å². The fourth-order valence-corrected chi connectivity index (χ4v) is 10.8. The van der Waals surface area contributed by atoms with Gasteiger partial charge in [0.2, 0.25) is 5.91 Å². The molecule has 0 spiro atoms. The first-order valence-electron chi connectivity index (χ1n) is 28.2. The van der Waals surface area contributed by atoms with Crippen LogP contribution in [0.3, 0.4) is 0 Å². The molecule has 2 unspecified atom stereocenters. The normalized spacial score (nSPS) is 24.7. The number of rotatable bonds is 14. The summed E-state index contributed by atoms with van der Waals surface area (Å²) in [5.74, 6) is 3.71. The SMILES string of the molecule is CCCCCC1CCCCC2CCC(CCCCC(CCCCC)CCCOC(=O)CCCCCCCN(C(=O)CCCN(CC)CC)CCCCCCCC(=O)OCCC1)CC2. The van der Waals surface area contributed by atoms with Crippen molar-refractivity contribution < 1.29 is 23.9 Å². The lowest BCUT2D eigenvalue weighted by Gasteiger charge is -2.29. The third kappa shape index (κ3) is 31.8. The van der Waals surface area contributed by atoms with Crippen LogP contribution in [0.1, 0.15) is 272 Å². The molecule has 7 heteroatoms. The third-order valence-electron chi connectivity index (χ3n) is 15.1. The van der Waals surface area contributed by atoms with Crippen LogP contribution < -0.4 is 0 Å². The highest BCUT2D eigenvalue weighted by atomic mass is 16.5. The zero-order valence-corrected chi connectivity index (χ0v) is 42.6. The van der Waals surface area contributed by atoms with Crippen molar-refractivity contribution >= 4 is 17.8 Å². The minimum atomic E-state index is -0.0234. The van der Waals surface area contributed by atoms with Gasteiger partial charge in [0, 0.05) is 32.4 Å². The summed E-state index contributed by atoms with van der Waals surface area (Å²) in [6, 6.07) is 0. The van der Waals surface area contributed by atoms with Gasteiger partial charge in [0.1, 0.15) is 0 Å². The van der Waals surface area contributed by atoms with Crippen LogP contribution in [0.5, 0.6) is 0 Å². The summed E-state index contributed by atoms with van der Waals surface area (Å²) >= 11 is 0. The van der Waals surface area contributed by atoms with E-state index < -0.39 is 0 Å². The van der Waals surface area contributed by atoms with Crippen molar-refractivity contribution in [1.82, 2.24) is 9.80 Å². The monoisotopic (exact) mass is 887 g/mol. The summed E-state index contributed by atoms with van der Waals surface area (Å²) in [7, 11) is 0. The van der Waals surface area contributed by atoms with Crippen LogP contribution in [0.15, 0.2) is 0 Å². The van der Waals surface area contributed by atoms with E-state index in [2.05, 4.69) is 37.5 Å². The summed E-state index contributed by atoms with van der Waals surface area (Å²) in [4.78, 5) is 43.1. The van der Waals surface area contributed by atoms with Gasteiger partial charge in [-0.2, -0.15) is 0 Å². The molecule has 2 atom stereocenters. The van der Waals surface area contributed by atoms with Crippen molar-refractivity contribution in [2.24, 2.45) is 23.7 Å². The number of fused-ring (bicyclic) bond motifs is 36. The second kappa shape index (κ2) is 40.6. The first-order chi connectivity index (χ1) is 30.9. The quantitative estimate of drug-likeness (QED) is 0.128. The van der Waals surface area contributed by atoms with E-state index >= 15 is 0 Å². The van der Waals surface area contributed by atoms with Gasteiger partial charge in [-0.1, -0.05) is 195 Å². The highest BCUT2D eigenvalue weighted by molar-refractivity contribution is 5.76. The molecule has 2 heterocycles. The Hall–Kier alpha value is -1.63. The lowest BCUT2D eigenvalue weighted by atomic mass is 9.77. The summed E-state index contributed by atoms with van der Waals surface area (Å²) in [5.41, 5.74) is 0. The van der Waals surface area contributed by atoms with E-state index in [0.29, 0.717) is 38.4 Å². The maximum Gasteiger partial charge on any atom is 0.305 e. The van der Waals surface area contributed by atoms with Crippen molar-refractivity contribution in [2.75, 3.05) is 45.9 Å². The van der Waals surface area contributed by atoms with Crippen molar-refractivity contribution in [3.8, 4) is 0 Å². The van der Waals surface area contributed by atoms with E-state index in [1.807, 2.05) is 0 Å². The molecule has 0 aromatic rings. The van der Waals surface area contributed by atoms with E-state index in [4.69, 9.17) is 9.47 Å². The molecule has 0 aromatic carbocycles. The topological polar surface area (TPSA) is 76.2 Å². The number of esters is 2. The number of nitrogens with zero attached hydrogens (tertiary/aromatic N) is 2. The Bertz CT molecular complexity index is 1000. The number of hydrogen-bond donors (Lipinski definition) is 0. The van der Waals surface area contributed by atoms with Gasteiger partial charge in [-0.25, -0.2) is 0 Å². The van der Waals surface area contributed by atoms with E-state index in [-0.39, 0.29) is 11.9 Å². The predicted octanol–water partition coefficient (Wildman–Crippen LogP) is 15.6. The van der Waals surface area contributed by atoms with E-state index in [1.54, 1.807) is 0 Å². The Balaban J connectivity index is 1.89. The largest absolute Gasteiger partial charge is 0.466 e. The molecular formula is C56H106N2O5. The maximum atomic E-state index is 13.4. The molecule has 1 aliphatic carbocycles. The molecule has 2 aliphatic heterocycles. The van der Waals surface area contributed by atoms with E-state index in [0.717, 1.165) is 140 Å². The van der Waals surface area contributed by atoms with Crippen LogP contribution >= 0.6 is 0 Å². The number of unbranched alkanes of at least 4 members (excludes halogenated alkanes) is 4. The van der Waals surface area contributed by atoms with Gasteiger partial charge in [-0.15, -0.1) is 0 Å². The standard InChI is InChI=1S/C56H106N2O5/c1-5-9-17-30-50-32-21-23-34-52-41-43-53(44-42-52)35-24-22-33-51(31-18-10-6-2)37-29-49-63-56(61)40-20-14-12-16-26-47-58(54(59)38-27-45-57(7-3)8-4)46-25-15-11-13-19-39-55(60)62-48-28-36-50/h50-53H,5-49H2,1-4H3. The molecule has 3 rings (SSSR count). The third-order valence-corrected chi connectivity index (χ3v) is 15.1. The number of carbonyl (C=O) groups excluding carboxylic acids is 3. The zero-order valence-electron chi connectivity index (χ0n) is 42.6. The molecule has 0 aromatic heterocycles. The van der Waals surface area contributed by atoms with Gasteiger partial charge in [-0.3, -0.25) is 14.4 Å². The smallest absolute Gasteiger partial charge is 0.305 e. The Morgan fingerprint density at radius 1 is 0.492 bits per heavy atom. The molecule has 370 valence electrons. The number of hydrogen-bond acceptors (Lipinski definition) is 6. The van der Waals surface area contributed by atoms with E-state index in [9.17, 15) is 14.4 Å². The number of carbonyl (C=O) groups is 3. The Morgan fingerprint density at radius 3 is 1.35 bits per heavy atom. The van der Waals surface area contributed by atoms with Crippen molar-refractivity contribution in [1.29, 1.82) is 0 Å². The average molecular weight is 887 g/mol. The maximum absolute atomic E-state index is 13.4. The Labute approximate surface area is 391 Å². The molecule has 1 amide bonds. The number of amides is 1. The highest BCUT2D eigenvalue weighted by Crippen LogP contribution is 2.35. The van der Waals surface area contributed by atoms with E-state index in [1.165, 1.54) is 141 Å². The minimum Gasteiger partial charge on any atom is -0.466 e. The molecular weight excluding hydrogens is 781 g/mol. The van der Waals surface area contributed by atoms with Gasteiger partial charge in [0.15, 0.2) is 0 Å². The molecule has 2 bridgehead atoms. The molecule has 1 saturated carbocycles. The molecule has 0 N–H and O–H groups in total. The highest BCUT2D eigenvalue weighted by Gasteiger charge is 2.21. The van der Waals surface area contributed by atoms with Gasteiger partial charge in [0.05, 0.1) is 13.2 Å². The van der Waals surface area contributed by atoms with Gasteiger partial charge in [0.25, 0.3) is 0 Å². The van der Waals surface area contributed by atoms with Gasteiger partial charge >= 0.3 is 11.9 Å². The first kappa shape index (κ1) is 57.5. The van der Waals surface area contributed by atoms with Crippen LogP contribution in [0, 0.1) is 23.7 Å². The van der Waals surface area contributed by atoms with Crippen LogP contribution in [-0.4, -0.2) is 73.6 Å². The lowest BCUT2D eigenvalue weighted by Crippen LogP contribution is -2.33. The zero-order chi connectivity index (χ0) is 45.4. The molecule has 63 heavy (non-hydrogen) atoms. The van der Waals surface area contributed by atoms with Crippen molar-refractivity contribution in [2.45, 2.75) is 272 Å². The van der Waals surface area contributed by atoms with Crippen LogP contribution in [0.25, 0.3) is 0 Å². The average Bonchev–Trinajstić information content (AvgIpc) is 3.29. The van der Waals surface area contributed by atoms with Gasteiger partial charge < -0.3 is 19.3 Å². The summed E-state index contributed by atoms with van der Waals surface area (Å²) in [6.45, 7) is 14.9. The second-order valence-corrected chi connectivity index (χ2v) is 20.5. The molecule has 2 saturated heterocycles. The second-order valence-electron chi connectivity index (χ2n) is 20.5. The molecule has 3 fully saturated rings. The summed E-state index contributed by atoms with van der Waals surface area (Å²) in [5, 5.41) is 0. The Morgan fingerprint density at radius 2 is 0.905 bits per heavy atom. The fraction of sp³-hybridized carbons (Fsp3) is 0.946. The summed E-state index contributed by atoms with van der Waals surface area (Å²) in [6.07, 6.45) is 44.8. The Kier molecular flexibility index (Phi) is 37.1. The minimum absolute atomic E-state index is 0.0234. The fourth-order valence-electron chi connectivity index (χ4n) is 10.8. The summed E-state index contributed by atoms with van der Waals surface area (Å²) < 4.78 is 11.4. The lowest BCUT2D eigenvalue weighted by molar-refractivity contribution is -0.144. The van der Waals surface area contributed by atoms with Gasteiger partial charge in [-0.05, 0) is 101 Å². The number of ether oxygens (including phenoxy) is 2. The molecule has 7 nitrogen and oxygen atoms in total.